The van der Waals surface area contributed by atoms with E-state index < -0.39 is 0 Å². The van der Waals surface area contributed by atoms with Crippen LogP contribution in [0.25, 0.3) is 0 Å². The zero-order valence-electron chi connectivity index (χ0n) is 6.84. The fourth-order valence-corrected chi connectivity index (χ4v) is 1.80. The molecule has 0 spiro atoms. The summed E-state index contributed by atoms with van der Waals surface area (Å²) in [5.74, 6) is 0. The van der Waals surface area contributed by atoms with Gasteiger partial charge in [0.2, 0.25) is 0 Å². The second-order valence-electron chi connectivity index (χ2n) is 2.48. The first kappa shape index (κ1) is 8.68. The summed E-state index contributed by atoms with van der Waals surface area (Å²) < 4.78 is 0. The normalized spacial score (nSPS) is 10.4. The monoisotopic (exact) mass is 170 g/mol. The molecule has 0 atom stereocenters. The van der Waals surface area contributed by atoms with Crippen molar-refractivity contribution in [1.29, 1.82) is 0 Å². The Kier molecular flexibility index (Phi) is 3.52. The van der Waals surface area contributed by atoms with Gasteiger partial charge in [-0.15, -0.1) is 11.3 Å². The molecule has 0 aromatic carbocycles. The Morgan fingerprint density at radius 1 is 1.64 bits per heavy atom. The average Bonchev–Trinajstić information content (AvgIpc) is 2.48. The van der Waals surface area contributed by atoms with Crippen molar-refractivity contribution in [3.8, 4) is 0 Å². The Morgan fingerprint density at radius 2 is 2.45 bits per heavy atom. The molecule has 2 N–H and O–H groups in total. The molecule has 0 fully saturated rings. The summed E-state index contributed by atoms with van der Waals surface area (Å²) in [6.45, 7) is 2.89. The molecule has 11 heavy (non-hydrogen) atoms. The fraction of sp³-hybridized carbons (Fsp3) is 0.625. The minimum absolute atomic E-state index is 0.765. The van der Waals surface area contributed by atoms with Gasteiger partial charge in [-0.25, -0.2) is 4.98 Å². The number of nitrogens with two attached hydrogens (primary N) is 1. The highest BCUT2D eigenvalue weighted by Crippen LogP contribution is 2.11. The van der Waals surface area contributed by atoms with Crippen molar-refractivity contribution in [3.63, 3.8) is 0 Å². The fourth-order valence-electron chi connectivity index (χ4n) is 0.879. The van der Waals surface area contributed by atoms with Crippen LogP contribution in [0.5, 0.6) is 0 Å². The van der Waals surface area contributed by atoms with Crippen LogP contribution in [0.1, 0.15) is 24.0 Å². The Morgan fingerprint density at radius 3 is 3.00 bits per heavy atom. The molecule has 3 heteroatoms. The van der Waals surface area contributed by atoms with Gasteiger partial charge in [0, 0.05) is 11.8 Å². The summed E-state index contributed by atoms with van der Waals surface area (Å²) in [4.78, 5) is 4.43. The first-order chi connectivity index (χ1) is 5.36. The van der Waals surface area contributed by atoms with Crippen molar-refractivity contribution >= 4 is 11.3 Å². The standard InChI is InChI=1S/C8H14N2S/c1-2-7-6-11-8(10-7)4-3-5-9/h6H,2-5,9H2,1H3. The van der Waals surface area contributed by atoms with Gasteiger partial charge in [-0.2, -0.15) is 0 Å². The summed E-state index contributed by atoms with van der Waals surface area (Å²) in [6.07, 6.45) is 3.14. The lowest BCUT2D eigenvalue weighted by Gasteiger charge is -1.90. The average molecular weight is 170 g/mol. The molecule has 2 nitrogen and oxygen atoms in total. The van der Waals surface area contributed by atoms with Gasteiger partial charge in [0.1, 0.15) is 0 Å². The van der Waals surface area contributed by atoms with Crippen LogP contribution in [0.15, 0.2) is 5.38 Å². The summed E-state index contributed by atoms with van der Waals surface area (Å²) in [7, 11) is 0. The van der Waals surface area contributed by atoms with Gasteiger partial charge in [0.05, 0.1) is 10.7 Å². The summed E-state index contributed by atoms with van der Waals surface area (Å²) in [6, 6.07) is 0. The van der Waals surface area contributed by atoms with E-state index in [1.807, 2.05) is 0 Å². The highest BCUT2D eigenvalue weighted by Gasteiger charge is 1.98. The smallest absolute Gasteiger partial charge is 0.0928 e. The van der Waals surface area contributed by atoms with Crippen molar-refractivity contribution < 1.29 is 0 Å². The molecule has 1 heterocycles. The van der Waals surface area contributed by atoms with E-state index >= 15 is 0 Å². The first-order valence-corrected chi connectivity index (χ1v) is 4.88. The van der Waals surface area contributed by atoms with Crippen LogP contribution in [-0.2, 0) is 12.8 Å². The van der Waals surface area contributed by atoms with E-state index in [0.717, 1.165) is 25.8 Å². The Hall–Kier alpha value is -0.410. The van der Waals surface area contributed by atoms with E-state index in [1.54, 1.807) is 11.3 Å². The maximum Gasteiger partial charge on any atom is 0.0928 e. The number of nitrogens with zero attached hydrogens (tertiary/aromatic N) is 1. The van der Waals surface area contributed by atoms with Crippen LogP contribution in [0.3, 0.4) is 0 Å². The molecule has 0 bridgehead atoms. The second kappa shape index (κ2) is 4.46. The molecule has 0 amide bonds. The number of rotatable bonds is 4. The third kappa shape index (κ3) is 2.60. The van der Waals surface area contributed by atoms with Crippen LogP contribution >= 0.6 is 11.3 Å². The van der Waals surface area contributed by atoms with Crippen molar-refractivity contribution in [2.24, 2.45) is 5.73 Å². The Labute approximate surface area is 71.5 Å². The maximum absolute atomic E-state index is 5.39. The van der Waals surface area contributed by atoms with Crippen LogP contribution in [0.4, 0.5) is 0 Å². The maximum atomic E-state index is 5.39. The summed E-state index contributed by atoms with van der Waals surface area (Å²) in [5, 5.41) is 3.36. The molecule has 1 rings (SSSR count). The van der Waals surface area contributed by atoms with E-state index in [4.69, 9.17) is 5.73 Å². The van der Waals surface area contributed by atoms with Crippen LogP contribution in [-0.4, -0.2) is 11.5 Å². The molecule has 0 saturated heterocycles. The van der Waals surface area contributed by atoms with Gasteiger partial charge in [-0.05, 0) is 19.4 Å². The molecule has 1 aromatic heterocycles. The minimum Gasteiger partial charge on any atom is -0.330 e. The van der Waals surface area contributed by atoms with Gasteiger partial charge in [-0.1, -0.05) is 6.92 Å². The number of aromatic nitrogens is 1. The lowest BCUT2D eigenvalue weighted by atomic mass is 10.3. The van der Waals surface area contributed by atoms with Crippen LogP contribution < -0.4 is 5.73 Å². The number of aryl methyl sites for hydroxylation is 2. The summed E-state index contributed by atoms with van der Waals surface area (Å²) in [5.41, 5.74) is 6.60. The van der Waals surface area contributed by atoms with Crippen molar-refractivity contribution in [2.75, 3.05) is 6.54 Å². The van der Waals surface area contributed by atoms with Gasteiger partial charge in [0.15, 0.2) is 0 Å². The molecule has 0 radical (unpaired) electrons. The lowest BCUT2D eigenvalue weighted by molar-refractivity contribution is 0.820. The highest BCUT2D eigenvalue weighted by molar-refractivity contribution is 7.09. The van der Waals surface area contributed by atoms with Crippen LogP contribution in [0, 0.1) is 0 Å². The number of hydrogen-bond donors (Lipinski definition) is 1. The predicted molar refractivity (Wildman–Crippen MR) is 48.9 cm³/mol. The van der Waals surface area contributed by atoms with Gasteiger partial charge < -0.3 is 5.73 Å². The van der Waals surface area contributed by atoms with E-state index in [9.17, 15) is 0 Å². The highest BCUT2D eigenvalue weighted by atomic mass is 32.1. The number of thiazole rings is 1. The second-order valence-corrected chi connectivity index (χ2v) is 3.42. The van der Waals surface area contributed by atoms with E-state index in [-0.39, 0.29) is 0 Å². The Bertz CT molecular complexity index is 208. The third-order valence-electron chi connectivity index (χ3n) is 1.56. The molecule has 0 aliphatic rings. The van der Waals surface area contributed by atoms with Crippen molar-refractivity contribution in [2.45, 2.75) is 26.2 Å². The quantitative estimate of drug-likeness (QED) is 0.745. The molecule has 0 aliphatic heterocycles. The zero-order chi connectivity index (χ0) is 8.10. The molecule has 0 saturated carbocycles. The number of hydrogen-bond acceptors (Lipinski definition) is 3. The molecule has 1 aromatic rings. The molecular formula is C8H14N2S. The third-order valence-corrected chi connectivity index (χ3v) is 2.51. The molecule has 62 valence electrons. The topological polar surface area (TPSA) is 38.9 Å². The lowest BCUT2D eigenvalue weighted by Crippen LogP contribution is -2.00. The largest absolute Gasteiger partial charge is 0.330 e. The van der Waals surface area contributed by atoms with Crippen molar-refractivity contribution in [3.05, 3.63) is 16.1 Å². The van der Waals surface area contributed by atoms with Crippen LogP contribution in [0.2, 0.25) is 0 Å². The van der Waals surface area contributed by atoms with Gasteiger partial charge in [0.25, 0.3) is 0 Å². The Balaban J connectivity index is 2.44. The van der Waals surface area contributed by atoms with E-state index in [2.05, 4.69) is 17.3 Å². The predicted octanol–water partition coefficient (Wildman–Crippen LogP) is 1.60. The molecule has 0 unspecified atom stereocenters. The van der Waals surface area contributed by atoms with Crippen molar-refractivity contribution in [1.82, 2.24) is 4.98 Å². The summed E-state index contributed by atoms with van der Waals surface area (Å²) >= 11 is 1.75. The molecular weight excluding hydrogens is 156 g/mol. The van der Waals surface area contributed by atoms with E-state index in [0.29, 0.717) is 0 Å². The zero-order valence-corrected chi connectivity index (χ0v) is 7.66. The molecule has 0 aliphatic carbocycles. The first-order valence-electron chi connectivity index (χ1n) is 4.00. The van der Waals surface area contributed by atoms with Gasteiger partial charge in [-0.3, -0.25) is 0 Å². The van der Waals surface area contributed by atoms with Gasteiger partial charge >= 0.3 is 0 Å². The minimum atomic E-state index is 0.765. The SMILES string of the molecule is CCc1csc(CCCN)n1. The van der Waals surface area contributed by atoms with E-state index in [1.165, 1.54) is 10.7 Å².